The first-order valence-electron chi connectivity index (χ1n) is 10.6. The molecule has 4 heteroatoms. The van der Waals surface area contributed by atoms with Gasteiger partial charge in [-0.05, 0) is 77.3 Å². The molecule has 31 heavy (non-hydrogen) atoms. The molecule has 1 N–H and O–H groups in total. The minimum Gasteiger partial charge on any atom is -0.252 e. The van der Waals surface area contributed by atoms with Gasteiger partial charge in [0.2, 0.25) is 5.95 Å². The van der Waals surface area contributed by atoms with Gasteiger partial charge in [-0.25, -0.2) is 0 Å². The van der Waals surface area contributed by atoms with Crippen LogP contribution in [0.5, 0.6) is 0 Å². The van der Waals surface area contributed by atoms with Gasteiger partial charge in [-0.1, -0.05) is 55.0 Å². The first-order chi connectivity index (χ1) is 15.2. The number of nitrogens with zero attached hydrogens (tertiary/aromatic N) is 2. The third-order valence-electron chi connectivity index (χ3n) is 6.30. The van der Waals surface area contributed by atoms with Crippen LogP contribution in [-0.4, -0.2) is 10.2 Å². The highest BCUT2D eigenvalue weighted by atomic mass is 19.1. The van der Waals surface area contributed by atoms with Crippen molar-refractivity contribution in [3.05, 3.63) is 100 Å². The van der Waals surface area contributed by atoms with Crippen molar-refractivity contribution < 1.29 is 4.39 Å². The lowest BCUT2D eigenvalue weighted by Crippen LogP contribution is -2.16. The summed E-state index contributed by atoms with van der Waals surface area (Å²) >= 11 is 0. The van der Waals surface area contributed by atoms with Crippen molar-refractivity contribution in [1.29, 1.82) is 5.26 Å². The van der Waals surface area contributed by atoms with E-state index in [9.17, 15) is 9.65 Å². The first-order valence-corrected chi connectivity index (χ1v) is 10.6. The molecule has 0 radical (unpaired) electrons. The van der Waals surface area contributed by atoms with Crippen LogP contribution in [0.1, 0.15) is 47.1 Å². The Morgan fingerprint density at radius 2 is 1.84 bits per heavy atom. The Kier molecular flexibility index (Phi) is 4.88. The van der Waals surface area contributed by atoms with Gasteiger partial charge < -0.3 is 0 Å². The Morgan fingerprint density at radius 3 is 2.52 bits per heavy atom. The van der Waals surface area contributed by atoms with Crippen molar-refractivity contribution in [2.45, 2.75) is 26.2 Å². The van der Waals surface area contributed by atoms with Crippen molar-refractivity contribution in [1.82, 2.24) is 10.2 Å². The molecule has 0 unspecified atom stereocenters. The first kappa shape index (κ1) is 19.3. The summed E-state index contributed by atoms with van der Waals surface area (Å²) in [4.78, 5) is 0. The van der Waals surface area contributed by atoms with Crippen LogP contribution in [0, 0.1) is 30.1 Å². The number of aryl methyl sites for hydroxylation is 1. The normalized spacial score (nSPS) is 14.7. The number of nitrogens with one attached hydrogen (secondary N) is 1. The van der Waals surface area contributed by atoms with Crippen molar-refractivity contribution in [2.24, 2.45) is 5.92 Å². The quantitative estimate of drug-likeness (QED) is 0.386. The number of hydrogen-bond donors (Lipinski definition) is 1. The number of rotatable bonds is 4. The van der Waals surface area contributed by atoms with E-state index < -0.39 is 5.95 Å². The molecule has 0 amide bonds. The van der Waals surface area contributed by atoms with Gasteiger partial charge in [0.1, 0.15) is 0 Å². The predicted octanol–water partition coefficient (Wildman–Crippen LogP) is 6.64. The lowest BCUT2D eigenvalue weighted by Gasteiger charge is -2.32. The largest absolute Gasteiger partial charge is 0.252 e. The zero-order chi connectivity index (χ0) is 21.4. The maximum Gasteiger partial charge on any atom is 0.217 e. The third kappa shape index (κ3) is 3.33. The van der Waals surface area contributed by atoms with Crippen LogP contribution in [0.15, 0.2) is 66.7 Å². The molecule has 0 spiro atoms. The summed E-state index contributed by atoms with van der Waals surface area (Å²) in [6, 6.07) is 24.1. The Labute approximate surface area is 180 Å². The Morgan fingerprint density at radius 1 is 1.03 bits per heavy atom. The number of aromatic nitrogens is 2. The average molecular weight is 407 g/mol. The van der Waals surface area contributed by atoms with Crippen molar-refractivity contribution in [2.75, 3.05) is 0 Å². The summed E-state index contributed by atoms with van der Waals surface area (Å²) in [5.41, 5.74) is 7.64. The van der Waals surface area contributed by atoms with Crippen molar-refractivity contribution >= 4 is 22.0 Å². The van der Waals surface area contributed by atoms with E-state index in [0.29, 0.717) is 22.4 Å². The molecule has 1 heterocycles. The zero-order valence-electron chi connectivity index (χ0n) is 17.3. The molecule has 0 atom stereocenters. The molecule has 3 aromatic carbocycles. The van der Waals surface area contributed by atoms with Crippen molar-refractivity contribution in [3.63, 3.8) is 0 Å². The molecule has 5 rings (SSSR count). The van der Waals surface area contributed by atoms with Crippen LogP contribution in [0.3, 0.4) is 0 Å². The van der Waals surface area contributed by atoms with Crippen molar-refractivity contribution in [3.8, 4) is 6.07 Å². The van der Waals surface area contributed by atoms with E-state index in [4.69, 9.17) is 0 Å². The van der Waals surface area contributed by atoms with Gasteiger partial charge in [0.15, 0.2) is 0 Å². The lowest BCUT2D eigenvalue weighted by atomic mass is 9.72. The molecule has 1 aliphatic carbocycles. The standard InChI is InChI=1S/C27H22FN3/c1-17-15-18(16-29)13-14-21(17)24(20-9-5-10-20)25(19-7-3-2-4-8-19)22-11-6-12-23-26(22)27(28)31-30-23/h2-4,6-8,11-15,20H,5,9-10H2,1H3,(H,30,31)/b25-24+. The maximum absolute atomic E-state index is 14.8. The highest BCUT2D eigenvalue weighted by molar-refractivity contribution is 6.06. The number of hydrogen-bond acceptors (Lipinski definition) is 2. The Bertz CT molecular complexity index is 1340. The second-order valence-electron chi connectivity index (χ2n) is 8.16. The van der Waals surface area contributed by atoms with E-state index in [1.165, 1.54) is 12.0 Å². The van der Waals surface area contributed by atoms with Crippen LogP contribution < -0.4 is 0 Å². The average Bonchev–Trinajstić information content (AvgIpc) is 3.14. The summed E-state index contributed by atoms with van der Waals surface area (Å²) in [5.74, 6) is -0.0180. The zero-order valence-corrected chi connectivity index (χ0v) is 17.3. The molecule has 4 aromatic rings. The number of H-pyrrole nitrogens is 1. The second-order valence-corrected chi connectivity index (χ2v) is 8.16. The summed E-state index contributed by atoms with van der Waals surface area (Å²) < 4.78 is 14.8. The van der Waals surface area contributed by atoms with E-state index in [0.717, 1.165) is 40.7 Å². The lowest BCUT2D eigenvalue weighted by molar-refractivity contribution is 0.401. The molecule has 0 bridgehead atoms. The van der Waals surface area contributed by atoms with Gasteiger partial charge in [-0.15, -0.1) is 0 Å². The second kappa shape index (κ2) is 7.85. The number of nitriles is 1. The summed E-state index contributed by atoms with van der Waals surface area (Å²) in [6.07, 6.45) is 3.40. The molecule has 1 aliphatic rings. The highest BCUT2D eigenvalue weighted by Crippen LogP contribution is 2.47. The molecular formula is C27H22FN3. The number of allylic oxidation sites excluding steroid dienone is 1. The van der Waals surface area contributed by atoms with Crippen LogP contribution in [0.25, 0.3) is 22.0 Å². The van der Waals surface area contributed by atoms with Gasteiger partial charge in [-0.2, -0.15) is 14.8 Å². The van der Waals surface area contributed by atoms with Crippen LogP contribution >= 0.6 is 0 Å². The monoisotopic (exact) mass is 407 g/mol. The fraction of sp³-hybridized carbons (Fsp3) is 0.185. The van der Waals surface area contributed by atoms with Gasteiger partial charge in [0, 0.05) is 0 Å². The minimum atomic E-state index is -0.413. The Balaban J connectivity index is 1.89. The smallest absolute Gasteiger partial charge is 0.217 e. The Hall–Kier alpha value is -3.71. The van der Waals surface area contributed by atoms with Gasteiger partial charge in [-0.3, -0.25) is 5.10 Å². The molecule has 0 saturated heterocycles. The molecule has 3 nitrogen and oxygen atoms in total. The van der Waals surface area contributed by atoms with Crippen LogP contribution in [0.2, 0.25) is 0 Å². The molecule has 152 valence electrons. The number of benzene rings is 3. The fourth-order valence-corrected chi connectivity index (χ4v) is 4.59. The summed E-state index contributed by atoms with van der Waals surface area (Å²) in [7, 11) is 0. The predicted molar refractivity (Wildman–Crippen MR) is 122 cm³/mol. The SMILES string of the molecule is Cc1cc(C#N)ccc1/C(=C(\c1ccccc1)c1cccc2n[nH]c(F)c12)C1CCC1. The number of fused-ring (bicyclic) bond motifs is 1. The van der Waals surface area contributed by atoms with Gasteiger partial charge in [0.25, 0.3) is 0 Å². The van der Waals surface area contributed by atoms with Gasteiger partial charge >= 0.3 is 0 Å². The fourth-order valence-electron chi connectivity index (χ4n) is 4.59. The highest BCUT2D eigenvalue weighted by Gasteiger charge is 2.29. The number of halogens is 1. The van der Waals surface area contributed by atoms with E-state index in [1.54, 1.807) is 0 Å². The van der Waals surface area contributed by atoms with E-state index in [2.05, 4.69) is 41.4 Å². The van der Waals surface area contributed by atoms with Crippen LogP contribution in [-0.2, 0) is 0 Å². The molecule has 1 fully saturated rings. The maximum atomic E-state index is 14.8. The number of aromatic amines is 1. The van der Waals surface area contributed by atoms with Gasteiger partial charge in [0.05, 0.1) is 22.5 Å². The molecule has 0 aliphatic heterocycles. The summed E-state index contributed by atoms with van der Waals surface area (Å²) in [5, 5.41) is 16.5. The molecular weight excluding hydrogens is 385 g/mol. The third-order valence-corrected chi connectivity index (χ3v) is 6.30. The summed E-state index contributed by atoms with van der Waals surface area (Å²) in [6.45, 7) is 2.05. The van der Waals surface area contributed by atoms with Crippen LogP contribution in [0.4, 0.5) is 4.39 Å². The van der Waals surface area contributed by atoms with E-state index in [-0.39, 0.29) is 0 Å². The molecule has 1 aromatic heterocycles. The minimum absolute atomic E-state index is 0.395. The van der Waals surface area contributed by atoms with E-state index in [1.807, 2.05) is 48.5 Å². The topological polar surface area (TPSA) is 52.5 Å². The molecule has 1 saturated carbocycles. The van der Waals surface area contributed by atoms with E-state index >= 15 is 0 Å².